The number of hydrogen-bond acceptors (Lipinski definition) is 9. The van der Waals surface area contributed by atoms with E-state index in [2.05, 4.69) is 25.5 Å². The van der Waals surface area contributed by atoms with Gasteiger partial charge in [0.1, 0.15) is 17.0 Å². The standard InChI is InChI=1S/C22H24ClN5O4S/c1-12-7-15(16-9-19(23)25-11-18(16)31-3)17(10-24-12)20(29)26-21-27-28-22(33-21)32-14-6-4-5-13(8-14)30-2/h7,9-11,13-14H,4-6,8H2,1-3H3,(H,26,27,29)/t13-,14-/m0/s1. The van der Waals surface area contributed by atoms with Crippen LogP contribution in [0.2, 0.25) is 5.15 Å². The van der Waals surface area contributed by atoms with E-state index < -0.39 is 0 Å². The van der Waals surface area contributed by atoms with Gasteiger partial charge in [0.05, 0.1) is 25.0 Å². The van der Waals surface area contributed by atoms with Crippen molar-refractivity contribution in [3.8, 4) is 22.1 Å². The fourth-order valence-electron chi connectivity index (χ4n) is 3.79. The van der Waals surface area contributed by atoms with Crippen LogP contribution in [-0.4, -0.2) is 52.5 Å². The lowest BCUT2D eigenvalue weighted by Crippen LogP contribution is -2.29. The lowest BCUT2D eigenvalue weighted by molar-refractivity contribution is 0.0207. The molecular weight excluding hydrogens is 466 g/mol. The van der Waals surface area contributed by atoms with E-state index in [0.717, 1.165) is 31.4 Å². The second-order valence-electron chi connectivity index (χ2n) is 7.67. The van der Waals surface area contributed by atoms with Crippen LogP contribution in [0, 0.1) is 6.92 Å². The van der Waals surface area contributed by atoms with Crippen molar-refractivity contribution in [2.45, 2.75) is 44.8 Å². The van der Waals surface area contributed by atoms with Crippen molar-refractivity contribution in [1.82, 2.24) is 20.2 Å². The van der Waals surface area contributed by atoms with Gasteiger partial charge in [-0.25, -0.2) is 4.98 Å². The van der Waals surface area contributed by atoms with Gasteiger partial charge in [-0.1, -0.05) is 16.7 Å². The van der Waals surface area contributed by atoms with Crippen molar-refractivity contribution in [2.75, 3.05) is 19.5 Å². The predicted molar refractivity (Wildman–Crippen MR) is 125 cm³/mol. The average Bonchev–Trinajstić information content (AvgIpc) is 3.25. The summed E-state index contributed by atoms with van der Waals surface area (Å²) >= 11 is 7.28. The highest BCUT2D eigenvalue weighted by Gasteiger charge is 2.25. The van der Waals surface area contributed by atoms with Crippen LogP contribution in [0.25, 0.3) is 11.1 Å². The first kappa shape index (κ1) is 23.3. The van der Waals surface area contributed by atoms with Crippen LogP contribution in [-0.2, 0) is 4.74 Å². The van der Waals surface area contributed by atoms with Crippen LogP contribution < -0.4 is 14.8 Å². The minimum atomic E-state index is -0.382. The molecule has 4 rings (SSSR count). The molecule has 1 saturated carbocycles. The number of pyridine rings is 2. The van der Waals surface area contributed by atoms with E-state index in [1.807, 2.05) is 6.92 Å². The van der Waals surface area contributed by atoms with Gasteiger partial charge in [0.15, 0.2) is 0 Å². The van der Waals surface area contributed by atoms with Gasteiger partial charge >= 0.3 is 0 Å². The zero-order valence-corrected chi connectivity index (χ0v) is 20.1. The minimum absolute atomic E-state index is 0.0250. The zero-order chi connectivity index (χ0) is 23.4. The maximum Gasteiger partial charge on any atom is 0.296 e. The number of hydrogen-bond donors (Lipinski definition) is 1. The molecule has 0 aromatic carbocycles. The molecule has 3 heterocycles. The molecule has 0 spiro atoms. The van der Waals surface area contributed by atoms with Crippen molar-refractivity contribution < 1.29 is 19.0 Å². The third-order valence-electron chi connectivity index (χ3n) is 5.44. The molecule has 9 nitrogen and oxygen atoms in total. The topological polar surface area (TPSA) is 108 Å². The molecule has 1 aliphatic rings. The van der Waals surface area contributed by atoms with Crippen LogP contribution in [0.1, 0.15) is 41.7 Å². The highest BCUT2D eigenvalue weighted by Crippen LogP contribution is 2.34. The Morgan fingerprint density at radius 2 is 1.94 bits per heavy atom. The summed E-state index contributed by atoms with van der Waals surface area (Å²) in [6.07, 6.45) is 7.08. The first-order valence-electron chi connectivity index (χ1n) is 10.5. The minimum Gasteiger partial charge on any atom is -0.494 e. The van der Waals surface area contributed by atoms with Crippen LogP contribution in [0.5, 0.6) is 10.9 Å². The first-order valence-corrected chi connectivity index (χ1v) is 11.7. The van der Waals surface area contributed by atoms with Gasteiger partial charge in [-0.15, -0.1) is 5.10 Å². The van der Waals surface area contributed by atoms with Gasteiger partial charge in [0.25, 0.3) is 11.1 Å². The van der Waals surface area contributed by atoms with Crippen molar-refractivity contribution in [3.63, 3.8) is 0 Å². The predicted octanol–water partition coefficient (Wildman–Crippen LogP) is 4.55. The molecule has 1 aliphatic carbocycles. The summed E-state index contributed by atoms with van der Waals surface area (Å²) in [5, 5.41) is 12.0. The Labute approximate surface area is 200 Å². The highest BCUT2D eigenvalue weighted by atomic mass is 35.5. The highest BCUT2D eigenvalue weighted by molar-refractivity contribution is 7.17. The maximum atomic E-state index is 13.1. The van der Waals surface area contributed by atoms with Gasteiger partial charge in [-0.05, 0) is 49.7 Å². The first-order chi connectivity index (χ1) is 16.0. The molecule has 1 N–H and O–H groups in total. The average molecular weight is 490 g/mol. The molecular formula is C22H24ClN5O4S. The number of nitrogens with one attached hydrogen (secondary N) is 1. The zero-order valence-electron chi connectivity index (χ0n) is 18.5. The van der Waals surface area contributed by atoms with E-state index in [1.165, 1.54) is 30.8 Å². The van der Waals surface area contributed by atoms with Crippen LogP contribution in [0.15, 0.2) is 24.5 Å². The summed E-state index contributed by atoms with van der Waals surface area (Å²) in [5.74, 6) is 0.111. The van der Waals surface area contributed by atoms with Crippen molar-refractivity contribution in [3.05, 3.63) is 40.9 Å². The summed E-state index contributed by atoms with van der Waals surface area (Å²) in [4.78, 5) is 21.5. The molecule has 0 saturated heterocycles. The van der Waals surface area contributed by atoms with Crippen molar-refractivity contribution >= 4 is 34.0 Å². The van der Waals surface area contributed by atoms with E-state index in [1.54, 1.807) is 19.2 Å². The molecule has 3 aromatic heterocycles. The number of rotatable bonds is 7. The number of nitrogens with zero attached hydrogens (tertiary/aromatic N) is 4. The quantitative estimate of drug-likeness (QED) is 0.481. The number of ether oxygens (including phenoxy) is 3. The largest absolute Gasteiger partial charge is 0.494 e. The monoisotopic (exact) mass is 489 g/mol. The molecule has 1 amide bonds. The number of carbonyl (C=O) groups is 1. The van der Waals surface area contributed by atoms with E-state index in [0.29, 0.717) is 32.8 Å². The number of methoxy groups -OCH3 is 2. The van der Waals surface area contributed by atoms with E-state index in [4.69, 9.17) is 25.8 Å². The summed E-state index contributed by atoms with van der Waals surface area (Å²) in [7, 11) is 3.25. The normalized spacial score (nSPS) is 18.1. The molecule has 0 unspecified atom stereocenters. The molecule has 2 atom stereocenters. The van der Waals surface area contributed by atoms with E-state index in [9.17, 15) is 4.79 Å². The second kappa shape index (κ2) is 10.4. The number of anilines is 1. The van der Waals surface area contributed by atoms with E-state index in [-0.39, 0.29) is 23.3 Å². The Morgan fingerprint density at radius 1 is 1.12 bits per heavy atom. The molecule has 0 radical (unpaired) electrons. The van der Waals surface area contributed by atoms with Crippen molar-refractivity contribution in [2.24, 2.45) is 0 Å². The summed E-state index contributed by atoms with van der Waals surface area (Å²) in [5.41, 5.74) is 2.34. The Kier molecular flexibility index (Phi) is 7.36. The fourth-order valence-corrected chi connectivity index (χ4v) is 4.61. The van der Waals surface area contributed by atoms with Crippen LogP contribution >= 0.6 is 22.9 Å². The number of amides is 1. The van der Waals surface area contributed by atoms with Gasteiger partial charge in [-0.3, -0.25) is 15.1 Å². The molecule has 3 aromatic rings. The van der Waals surface area contributed by atoms with Crippen molar-refractivity contribution in [1.29, 1.82) is 0 Å². The summed E-state index contributed by atoms with van der Waals surface area (Å²) in [6.45, 7) is 1.84. The van der Waals surface area contributed by atoms with Crippen LogP contribution in [0.3, 0.4) is 0 Å². The fraction of sp³-hybridized carbons (Fsp3) is 0.409. The van der Waals surface area contributed by atoms with Gasteiger partial charge in [0, 0.05) is 36.5 Å². The Bertz CT molecular complexity index is 1140. The lowest BCUT2D eigenvalue weighted by atomic mass is 9.95. The molecule has 11 heteroatoms. The Morgan fingerprint density at radius 3 is 2.73 bits per heavy atom. The third-order valence-corrected chi connectivity index (χ3v) is 6.37. The van der Waals surface area contributed by atoms with Gasteiger partial charge < -0.3 is 14.2 Å². The Hall–Kier alpha value is -2.82. The lowest BCUT2D eigenvalue weighted by Gasteiger charge is -2.27. The van der Waals surface area contributed by atoms with Crippen LogP contribution in [0.4, 0.5) is 5.13 Å². The number of aryl methyl sites for hydroxylation is 1. The second-order valence-corrected chi connectivity index (χ2v) is 9.00. The maximum absolute atomic E-state index is 13.1. The third kappa shape index (κ3) is 5.58. The smallest absolute Gasteiger partial charge is 0.296 e. The van der Waals surface area contributed by atoms with Gasteiger partial charge in [-0.2, -0.15) is 0 Å². The van der Waals surface area contributed by atoms with E-state index >= 15 is 0 Å². The number of halogens is 1. The van der Waals surface area contributed by atoms with Gasteiger partial charge in [0.2, 0.25) is 5.13 Å². The molecule has 33 heavy (non-hydrogen) atoms. The molecule has 1 fully saturated rings. The Balaban J connectivity index is 1.53. The molecule has 0 bridgehead atoms. The SMILES string of the molecule is COc1cnc(Cl)cc1-c1cc(C)ncc1C(=O)Nc1nnc(O[C@H]2CCC[C@H](OC)C2)s1. The number of carbonyl (C=O) groups excluding carboxylic acids is 1. The molecule has 0 aliphatic heterocycles. The summed E-state index contributed by atoms with van der Waals surface area (Å²) in [6, 6.07) is 3.45. The summed E-state index contributed by atoms with van der Waals surface area (Å²) < 4.78 is 16.8. The molecule has 174 valence electrons. The number of aromatic nitrogens is 4.